The summed E-state index contributed by atoms with van der Waals surface area (Å²) in [5.41, 5.74) is 1.82. The van der Waals surface area contributed by atoms with E-state index < -0.39 is 0 Å². The Morgan fingerprint density at radius 1 is 1.22 bits per heavy atom. The van der Waals surface area contributed by atoms with Gasteiger partial charge in [0.25, 0.3) is 0 Å². The summed E-state index contributed by atoms with van der Waals surface area (Å²) in [4.78, 5) is 15.0. The van der Waals surface area contributed by atoms with Crippen LogP contribution in [0.25, 0.3) is 0 Å². The van der Waals surface area contributed by atoms with Crippen molar-refractivity contribution in [1.82, 2.24) is 0 Å². The van der Waals surface area contributed by atoms with Gasteiger partial charge in [0.2, 0.25) is 5.91 Å². The van der Waals surface area contributed by atoms with E-state index in [1.807, 2.05) is 47.4 Å². The molecule has 0 aromatic heterocycles. The predicted octanol–water partition coefficient (Wildman–Crippen LogP) is 3.58. The molecule has 2 aliphatic rings. The smallest absolute Gasteiger partial charge is 0.230 e. The van der Waals surface area contributed by atoms with Crippen LogP contribution in [0.15, 0.2) is 42.5 Å². The van der Waals surface area contributed by atoms with Crippen LogP contribution < -0.4 is 19.1 Å². The van der Waals surface area contributed by atoms with Gasteiger partial charge in [-0.3, -0.25) is 4.79 Å². The average Bonchev–Trinajstić information content (AvgIpc) is 3.51. The van der Waals surface area contributed by atoms with Crippen molar-refractivity contribution in [2.24, 2.45) is 5.92 Å². The summed E-state index contributed by atoms with van der Waals surface area (Å²) >= 11 is 0. The highest BCUT2D eigenvalue weighted by Gasteiger charge is 2.48. The van der Waals surface area contributed by atoms with Crippen molar-refractivity contribution in [3.05, 3.63) is 48.0 Å². The van der Waals surface area contributed by atoms with Crippen LogP contribution in [0.1, 0.15) is 24.8 Å². The molecule has 0 spiro atoms. The summed E-state index contributed by atoms with van der Waals surface area (Å²) in [6.07, 6.45) is 3.43. The van der Waals surface area contributed by atoms with Crippen LogP contribution in [-0.2, 0) is 4.79 Å². The number of amides is 1. The van der Waals surface area contributed by atoms with Crippen molar-refractivity contribution in [2.75, 3.05) is 25.2 Å². The highest BCUT2D eigenvalue weighted by atomic mass is 16.5. The normalized spacial score (nSPS) is 19.9. The van der Waals surface area contributed by atoms with Gasteiger partial charge in [-0.2, -0.15) is 0 Å². The van der Waals surface area contributed by atoms with E-state index in [1.54, 1.807) is 14.0 Å². The lowest BCUT2D eigenvalue weighted by Gasteiger charge is -2.29. The van der Waals surface area contributed by atoms with Gasteiger partial charge in [0.05, 0.1) is 19.3 Å². The second-order valence-electron chi connectivity index (χ2n) is 6.59. The largest absolute Gasteiger partial charge is 0.493 e. The molecule has 0 N–H and O–H groups in total. The van der Waals surface area contributed by atoms with Gasteiger partial charge >= 0.3 is 0 Å². The van der Waals surface area contributed by atoms with Crippen LogP contribution in [0.5, 0.6) is 17.2 Å². The zero-order chi connectivity index (χ0) is 18.8. The van der Waals surface area contributed by atoms with Crippen LogP contribution in [0.4, 0.5) is 5.69 Å². The summed E-state index contributed by atoms with van der Waals surface area (Å²) in [5.74, 6) is 4.90. The fourth-order valence-electron chi connectivity index (χ4n) is 3.61. The molecule has 0 radical (unpaired) electrons. The summed E-state index contributed by atoms with van der Waals surface area (Å²) in [6.45, 7) is 2.80. The van der Waals surface area contributed by atoms with Gasteiger partial charge in [-0.25, -0.2) is 0 Å². The number of nitrogens with zero attached hydrogens (tertiary/aromatic N) is 1. The quantitative estimate of drug-likeness (QED) is 0.779. The van der Waals surface area contributed by atoms with Crippen LogP contribution in [0, 0.1) is 17.9 Å². The van der Waals surface area contributed by atoms with Gasteiger partial charge in [-0.1, -0.05) is 30.2 Å². The van der Waals surface area contributed by atoms with Gasteiger partial charge < -0.3 is 19.1 Å². The molecule has 1 heterocycles. The Morgan fingerprint density at radius 2 is 2.07 bits per heavy atom. The molecule has 138 valence electrons. The van der Waals surface area contributed by atoms with E-state index >= 15 is 0 Å². The molecule has 4 rings (SSSR count). The monoisotopic (exact) mass is 363 g/mol. The Kier molecular flexibility index (Phi) is 4.64. The van der Waals surface area contributed by atoms with Crippen molar-refractivity contribution < 1.29 is 19.0 Å². The third-order valence-electron chi connectivity index (χ3n) is 4.99. The van der Waals surface area contributed by atoms with E-state index in [2.05, 4.69) is 12.0 Å². The first kappa shape index (κ1) is 17.3. The Labute approximate surface area is 158 Å². The predicted molar refractivity (Wildman–Crippen MR) is 102 cm³/mol. The number of carbonyl (C=O) groups excluding carboxylic acids is 1. The van der Waals surface area contributed by atoms with Crippen molar-refractivity contribution in [3.63, 3.8) is 0 Å². The molecule has 2 atom stereocenters. The van der Waals surface area contributed by atoms with E-state index in [-0.39, 0.29) is 17.7 Å². The zero-order valence-corrected chi connectivity index (χ0v) is 15.4. The van der Waals surface area contributed by atoms with Crippen molar-refractivity contribution in [3.8, 4) is 29.3 Å². The minimum absolute atomic E-state index is 0.0693. The molecule has 0 saturated heterocycles. The number of para-hydroxylation sites is 3. The van der Waals surface area contributed by atoms with Gasteiger partial charge in [0, 0.05) is 24.3 Å². The maximum atomic E-state index is 13.2. The molecule has 1 aliphatic carbocycles. The molecule has 5 nitrogen and oxygen atoms in total. The molecule has 1 saturated carbocycles. The molecule has 5 heteroatoms. The minimum atomic E-state index is -0.0693. The first-order valence-electron chi connectivity index (χ1n) is 9.03. The van der Waals surface area contributed by atoms with Crippen LogP contribution in [0.2, 0.25) is 0 Å². The number of fused-ring (bicyclic) bond motifs is 1. The summed E-state index contributed by atoms with van der Waals surface area (Å²) < 4.78 is 16.7. The van der Waals surface area contributed by atoms with E-state index in [0.29, 0.717) is 24.7 Å². The number of carbonyl (C=O) groups is 1. The lowest BCUT2D eigenvalue weighted by molar-refractivity contribution is -0.120. The van der Waals surface area contributed by atoms with E-state index in [9.17, 15) is 4.79 Å². The van der Waals surface area contributed by atoms with E-state index in [0.717, 1.165) is 23.4 Å². The Bertz CT molecular complexity index is 927. The SMILES string of the molecule is CC#COc1c(OC)cccc1C1CC1C(=O)N1CCOc2ccccc21. The minimum Gasteiger partial charge on any atom is -0.493 e. The van der Waals surface area contributed by atoms with Crippen molar-refractivity contribution >= 4 is 11.6 Å². The molecule has 0 bridgehead atoms. The maximum absolute atomic E-state index is 13.2. The van der Waals surface area contributed by atoms with Crippen molar-refractivity contribution in [2.45, 2.75) is 19.3 Å². The third kappa shape index (κ3) is 3.19. The van der Waals surface area contributed by atoms with Gasteiger partial charge in [-0.15, -0.1) is 0 Å². The highest BCUT2D eigenvalue weighted by Crippen LogP contribution is 2.53. The summed E-state index contributed by atoms with van der Waals surface area (Å²) in [5, 5.41) is 0. The average molecular weight is 363 g/mol. The first-order valence-corrected chi connectivity index (χ1v) is 9.03. The molecule has 1 fully saturated rings. The topological polar surface area (TPSA) is 48.0 Å². The third-order valence-corrected chi connectivity index (χ3v) is 4.99. The van der Waals surface area contributed by atoms with Gasteiger partial charge in [0.1, 0.15) is 18.5 Å². The number of hydrogen-bond acceptors (Lipinski definition) is 4. The Morgan fingerprint density at radius 3 is 2.89 bits per heavy atom. The lowest BCUT2D eigenvalue weighted by Crippen LogP contribution is -2.39. The summed E-state index contributed by atoms with van der Waals surface area (Å²) in [7, 11) is 1.60. The van der Waals surface area contributed by atoms with Gasteiger partial charge in [-0.05, 0) is 24.6 Å². The Balaban J connectivity index is 1.58. The van der Waals surface area contributed by atoms with E-state index in [1.165, 1.54) is 0 Å². The standard InChI is InChI=1S/C22H21NO4/c1-3-12-27-21-15(7-6-10-20(21)25-2)16-14-17(16)22(24)23-11-13-26-19-9-5-4-8-18(19)23/h4-10,16-17H,11,13-14H2,1-2H3. The highest BCUT2D eigenvalue weighted by molar-refractivity contribution is 5.99. The number of ether oxygens (including phenoxy) is 3. The fourth-order valence-corrected chi connectivity index (χ4v) is 3.61. The second kappa shape index (κ2) is 7.24. The molecule has 2 unspecified atom stereocenters. The molecular weight excluding hydrogens is 342 g/mol. The first-order chi connectivity index (χ1) is 13.2. The molecule has 1 aliphatic heterocycles. The molecule has 27 heavy (non-hydrogen) atoms. The van der Waals surface area contributed by atoms with Gasteiger partial charge in [0.15, 0.2) is 11.5 Å². The zero-order valence-electron chi connectivity index (χ0n) is 15.4. The number of methoxy groups -OCH3 is 1. The molecular formula is C22H21NO4. The van der Waals surface area contributed by atoms with E-state index in [4.69, 9.17) is 14.2 Å². The number of rotatable bonds is 4. The number of benzene rings is 2. The van der Waals surface area contributed by atoms with Crippen LogP contribution in [0.3, 0.4) is 0 Å². The van der Waals surface area contributed by atoms with Crippen LogP contribution >= 0.6 is 0 Å². The molecule has 1 amide bonds. The number of hydrogen-bond donors (Lipinski definition) is 0. The van der Waals surface area contributed by atoms with Crippen molar-refractivity contribution in [1.29, 1.82) is 0 Å². The van der Waals surface area contributed by atoms with Crippen LogP contribution in [-0.4, -0.2) is 26.2 Å². The molecule has 2 aromatic carbocycles. The molecule has 2 aromatic rings. The maximum Gasteiger partial charge on any atom is 0.230 e. The lowest BCUT2D eigenvalue weighted by atomic mass is 10.1. The fraction of sp³-hybridized carbons (Fsp3) is 0.318. The number of anilines is 1. The summed E-state index contributed by atoms with van der Waals surface area (Å²) in [6, 6.07) is 13.4. The second-order valence-corrected chi connectivity index (χ2v) is 6.59. The Hall–Kier alpha value is -3.13.